The lowest BCUT2D eigenvalue weighted by Gasteiger charge is -2.35. The minimum absolute atomic E-state index is 0.134. The van der Waals surface area contributed by atoms with Gasteiger partial charge >= 0.3 is 5.97 Å². The molecular formula is C21H21N3O2. The van der Waals surface area contributed by atoms with Gasteiger partial charge in [-0.15, -0.1) is 0 Å². The van der Waals surface area contributed by atoms with E-state index in [4.69, 9.17) is 0 Å². The Labute approximate surface area is 152 Å². The molecule has 1 aromatic heterocycles. The van der Waals surface area contributed by atoms with Gasteiger partial charge in [-0.2, -0.15) is 0 Å². The Morgan fingerprint density at radius 2 is 1.92 bits per heavy atom. The number of nitrogens with one attached hydrogen (secondary N) is 1. The van der Waals surface area contributed by atoms with E-state index in [1.165, 1.54) is 11.3 Å². The van der Waals surface area contributed by atoms with Crippen molar-refractivity contribution < 1.29 is 9.90 Å². The highest BCUT2D eigenvalue weighted by atomic mass is 16.4. The van der Waals surface area contributed by atoms with Gasteiger partial charge < -0.3 is 10.1 Å². The molecule has 0 bridgehead atoms. The second-order valence-corrected chi connectivity index (χ2v) is 6.65. The molecule has 0 unspecified atom stereocenters. The number of carboxylic acids is 1. The Morgan fingerprint density at radius 1 is 1.15 bits per heavy atom. The standard InChI is InChI=1S/C21H21N3O2/c25-21(26)17-9-5-4-8-16(17)13-24-11-10-18-20(23-14-22-18)19(24)12-15-6-2-1-3-7-15/h1-9,14,19H,10-13H2,(H,22,23)(H,25,26)/t19-/m1/s1. The van der Waals surface area contributed by atoms with Gasteiger partial charge in [0.2, 0.25) is 0 Å². The van der Waals surface area contributed by atoms with E-state index in [0.29, 0.717) is 12.1 Å². The Balaban J connectivity index is 1.65. The number of benzene rings is 2. The van der Waals surface area contributed by atoms with Crippen LogP contribution in [0.5, 0.6) is 0 Å². The highest BCUT2D eigenvalue weighted by Gasteiger charge is 2.30. The van der Waals surface area contributed by atoms with E-state index in [1.54, 1.807) is 18.5 Å². The third kappa shape index (κ3) is 3.26. The highest BCUT2D eigenvalue weighted by molar-refractivity contribution is 5.89. The molecule has 1 aliphatic rings. The van der Waals surface area contributed by atoms with Crippen molar-refractivity contribution in [3.63, 3.8) is 0 Å². The number of hydrogen-bond donors (Lipinski definition) is 2. The molecule has 2 N–H and O–H groups in total. The molecule has 0 fully saturated rings. The normalized spacial score (nSPS) is 17.0. The Kier molecular flexibility index (Phi) is 4.54. The number of nitrogens with zero attached hydrogens (tertiary/aromatic N) is 2. The molecule has 0 amide bonds. The van der Waals surface area contributed by atoms with Gasteiger partial charge in [0.1, 0.15) is 0 Å². The number of fused-ring (bicyclic) bond motifs is 1. The molecule has 0 radical (unpaired) electrons. The van der Waals surface area contributed by atoms with Crippen molar-refractivity contribution >= 4 is 5.97 Å². The summed E-state index contributed by atoms with van der Waals surface area (Å²) in [6.07, 6.45) is 3.52. The number of carbonyl (C=O) groups is 1. The van der Waals surface area contributed by atoms with Crippen LogP contribution in [-0.4, -0.2) is 32.5 Å². The molecule has 1 atom stereocenters. The number of aromatic nitrogens is 2. The lowest BCUT2D eigenvalue weighted by Crippen LogP contribution is -2.36. The first kappa shape index (κ1) is 16.5. The van der Waals surface area contributed by atoms with Crippen LogP contribution in [0, 0.1) is 0 Å². The van der Waals surface area contributed by atoms with Crippen LogP contribution in [-0.2, 0) is 19.4 Å². The SMILES string of the molecule is O=C(O)c1ccccc1CN1CCc2[nH]cnc2[C@H]1Cc1ccccc1. The summed E-state index contributed by atoms with van der Waals surface area (Å²) in [4.78, 5) is 21.7. The summed E-state index contributed by atoms with van der Waals surface area (Å²) in [5.41, 5.74) is 4.74. The molecule has 5 heteroatoms. The van der Waals surface area contributed by atoms with Crippen molar-refractivity contribution in [3.05, 3.63) is 89.0 Å². The average molecular weight is 347 g/mol. The smallest absolute Gasteiger partial charge is 0.336 e. The van der Waals surface area contributed by atoms with Gasteiger partial charge in [-0.3, -0.25) is 4.90 Å². The quantitative estimate of drug-likeness (QED) is 0.742. The molecule has 0 saturated carbocycles. The fourth-order valence-electron chi connectivity index (χ4n) is 3.74. The number of H-pyrrole nitrogens is 1. The summed E-state index contributed by atoms with van der Waals surface area (Å²) in [6, 6.07) is 17.8. The maximum absolute atomic E-state index is 11.6. The first-order chi connectivity index (χ1) is 12.7. The van der Waals surface area contributed by atoms with Crippen molar-refractivity contribution in [2.45, 2.75) is 25.4 Å². The van der Waals surface area contributed by atoms with Crippen molar-refractivity contribution in [2.75, 3.05) is 6.54 Å². The Bertz CT molecular complexity index is 904. The van der Waals surface area contributed by atoms with Crippen LogP contribution < -0.4 is 0 Å². The van der Waals surface area contributed by atoms with Crippen molar-refractivity contribution in [1.29, 1.82) is 0 Å². The molecule has 0 spiro atoms. The summed E-state index contributed by atoms with van der Waals surface area (Å²) in [5, 5.41) is 9.49. The number of aromatic amines is 1. The molecule has 3 aromatic rings. The van der Waals surface area contributed by atoms with E-state index in [-0.39, 0.29) is 6.04 Å². The zero-order valence-electron chi connectivity index (χ0n) is 14.4. The molecule has 1 aliphatic heterocycles. The maximum atomic E-state index is 11.6. The van der Waals surface area contributed by atoms with E-state index in [1.807, 2.05) is 30.3 Å². The maximum Gasteiger partial charge on any atom is 0.336 e. The largest absolute Gasteiger partial charge is 0.478 e. The van der Waals surface area contributed by atoms with Crippen LogP contribution in [0.2, 0.25) is 0 Å². The Hall–Kier alpha value is -2.92. The monoisotopic (exact) mass is 347 g/mol. The summed E-state index contributed by atoms with van der Waals surface area (Å²) in [6.45, 7) is 1.48. The zero-order chi connectivity index (χ0) is 17.9. The van der Waals surface area contributed by atoms with Crippen LogP contribution in [0.3, 0.4) is 0 Å². The third-order valence-corrected chi connectivity index (χ3v) is 5.05. The summed E-state index contributed by atoms with van der Waals surface area (Å²) < 4.78 is 0. The van der Waals surface area contributed by atoms with Crippen LogP contribution in [0.25, 0.3) is 0 Å². The topological polar surface area (TPSA) is 69.2 Å². The lowest BCUT2D eigenvalue weighted by molar-refractivity contribution is 0.0693. The van der Waals surface area contributed by atoms with Crippen LogP contribution >= 0.6 is 0 Å². The number of rotatable bonds is 5. The predicted octanol–water partition coefficient (Wildman–Crippen LogP) is 3.45. The third-order valence-electron chi connectivity index (χ3n) is 5.05. The molecule has 132 valence electrons. The molecular weight excluding hydrogens is 326 g/mol. The fourth-order valence-corrected chi connectivity index (χ4v) is 3.74. The number of carboxylic acid groups (broad SMARTS) is 1. The Morgan fingerprint density at radius 3 is 2.73 bits per heavy atom. The lowest BCUT2D eigenvalue weighted by atomic mass is 9.95. The minimum atomic E-state index is -0.877. The molecule has 2 heterocycles. The summed E-state index contributed by atoms with van der Waals surface area (Å²) in [5.74, 6) is -0.877. The van der Waals surface area contributed by atoms with E-state index < -0.39 is 5.97 Å². The van der Waals surface area contributed by atoms with E-state index in [9.17, 15) is 9.90 Å². The average Bonchev–Trinajstić information content (AvgIpc) is 3.14. The molecule has 0 saturated heterocycles. The molecule has 5 nitrogen and oxygen atoms in total. The van der Waals surface area contributed by atoms with Gasteiger partial charge in [-0.1, -0.05) is 48.5 Å². The van der Waals surface area contributed by atoms with Gasteiger partial charge in [0, 0.05) is 25.2 Å². The van der Waals surface area contributed by atoms with Gasteiger partial charge in [0.25, 0.3) is 0 Å². The summed E-state index contributed by atoms with van der Waals surface area (Å²) >= 11 is 0. The van der Waals surface area contributed by atoms with E-state index in [2.05, 4.69) is 27.0 Å². The van der Waals surface area contributed by atoms with Crippen molar-refractivity contribution in [1.82, 2.24) is 14.9 Å². The molecule has 0 aliphatic carbocycles. The van der Waals surface area contributed by atoms with Gasteiger partial charge in [0.15, 0.2) is 0 Å². The van der Waals surface area contributed by atoms with Crippen LogP contribution in [0.4, 0.5) is 0 Å². The molecule has 26 heavy (non-hydrogen) atoms. The second-order valence-electron chi connectivity index (χ2n) is 6.65. The van der Waals surface area contributed by atoms with Gasteiger partial charge in [-0.25, -0.2) is 9.78 Å². The molecule has 4 rings (SSSR count). The van der Waals surface area contributed by atoms with Crippen LogP contribution in [0.1, 0.15) is 38.9 Å². The predicted molar refractivity (Wildman–Crippen MR) is 99.0 cm³/mol. The van der Waals surface area contributed by atoms with Crippen LogP contribution in [0.15, 0.2) is 60.9 Å². The number of imidazole rings is 1. The minimum Gasteiger partial charge on any atom is -0.478 e. The molecule has 2 aromatic carbocycles. The first-order valence-corrected chi connectivity index (χ1v) is 8.83. The highest BCUT2D eigenvalue weighted by Crippen LogP contribution is 2.32. The van der Waals surface area contributed by atoms with Gasteiger partial charge in [0.05, 0.1) is 23.6 Å². The van der Waals surface area contributed by atoms with E-state index in [0.717, 1.165) is 30.6 Å². The summed E-state index contributed by atoms with van der Waals surface area (Å²) in [7, 11) is 0. The zero-order valence-corrected chi connectivity index (χ0v) is 14.4. The second kappa shape index (κ2) is 7.14. The number of hydrogen-bond acceptors (Lipinski definition) is 3. The van der Waals surface area contributed by atoms with Gasteiger partial charge in [-0.05, 0) is 23.6 Å². The van der Waals surface area contributed by atoms with E-state index >= 15 is 0 Å². The fraction of sp³-hybridized carbons (Fsp3) is 0.238. The van der Waals surface area contributed by atoms with Crippen molar-refractivity contribution in [3.8, 4) is 0 Å². The first-order valence-electron chi connectivity index (χ1n) is 8.83. The van der Waals surface area contributed by atoms with Crippen molar-refractivity contribution in [2.24, 2.45) is 0 Å². The number of aromatic carboxylic acids is 1.